The molecule has 1 saturated carbocycles. The van der Waals surface area contributed by atoms with Crippen LogP contribution in [0.3, 0.4) is 0 Å². The van der Waals surface area contributed by atoms with Crippen molar-refractivity contribution in [2.24, 2.45) is 0 Å². The number of carboxylic acid groups (broad SMARTS) is 1. The van der Waals surface area contributed by atoms with E-state index in [1.165, 1.54) is 18.2 Å². The number of nitro benzene ring substituents is 1. The monoisotopic (exact) mass is 280 g/mol. The Morgan fingerprint density at radius 2 is 2.05 bits per heavy atom. The Kier molecular flexibility index (Phi) is 4.19. The molecule has 2 atom stereocenters. The number of nitrogens with one attached hydrogen (secondary N) is 1. The summed E-state index contributed by atoms with van der Waals surface area (Å²) >= 11 is 0. The number of anilines is 1. The van der Waals surface area contributed by atoms with Crippen LogP contribution in [0.25, 0.3) is 0 Å². The van der Waals surface area contributed by atoms with Gasteiger partial charge in [-0.1, -0.05) is 12.8 Å². The minimum atomic E-state index is -1.15. The molecular weight excluding hydrogens is 264 g/mol. The number of hydrogen-bond acceptors (Lipinski definition) is 5. The van der Waals surface area contributed by atoms with E-state index in [1.807, 2.05) is 0 Å². The summed E-state index contributed by atoms with van der Waals surface area (Å²) in [7, 11) is 0. The maximum Gasteiger partial charge on any atom is 0.335 e. The molecule has 0 radical (unpaired) electrons. The first-order chi connectivity index (χ1) is 9.49. The molecule has 7 nitrogen and oxygen atoms in total. The van der Waals surface area contributed by atoms with E-state index in [1.54, 1.807) is 0 Å². The van der Waals surface area contributed by atoms with Gasteiger partial charge in [0.1, 0.15) is 5.69 Å². The lowest BCUT2D eigenvalue weighted by Crippen LogP contribution is -2.36. The fourth-order valence-corrected chi connectivity index (χ4v) is 2.42. The number of carbonyl (C=O) groups is 1. The number of nitrogens with zero attached hydrogens (tertiary/aromatic N) is 1. The SMILES string of the molecule is O=C(O)c1ccc([N+](=O)[O-])c(NC2CCCCC2O)c1. The molecule has 3 N–H and O–H groups in total. The van der Waals surface area contributed by atoms with E-state index in [-0.39, 0.29) is 23.0 Å². The quantitative estimate of drug-likeness (QED) is 0.574. The molecule has 0 saturated heterocycles. The molecule has 0 amide bonds. The van der Waals surface area contributed by atoms with Gasteiger partial charge in [0.2, 0.25) is 0 Å². The molecule has 1 aromatic rings. The molecule has 2 rings (SSSR count). The van der Waals surface area contributed by atoms with Gasteiger partial charge in [0.15, 0.2) is 0 Å². The van der Waals surface area contributed by atoms with Crippen molar-refractivity contribution in [3.05, 3.63) is 33.9 Å². The van der Waals surface area contributed by atoms with Gasteiger partial charge in [0, 0.05) is 6.07 Å². The fraction of sp³-hybridized carbons (Fsp3) is 0.462. The van der Waals surface area contributed by atoms with Crippen LogP contribution in [0.5, 0.6) is 0 Å². The van der Waals surface area contributed by atoms with Gasteiger partial charge >= 0.3 is 5.97 Å². The van der Waals surface area contributed by atoms with Crippen molar-refractivity contribution in [1.82, 2.24) is 0 Å². The lowest BCUT2D eigenvalue weighted by Gasteiger charge is -2.29. The van der Waals surface area contributed by atoms with Crippen LogP contribution < -0.4 is 5.32 Å². The molecule has 7 heteroatoms. The van der Waals surface area contributed by atoms with Crippen molar-refractivity contribution in [1.29, 1.82) is 0 Å². The van der Waals surface area contributed by atoms with Gasteiger partial charge in [-0.3, -0.25) is 10.1 Å². The molecule has 0 aromatic heterocycles. The van der Waals surface area contributed by atoms with Crippen LogP contribution in [-0.4, -0.2) is 33.3 Å². The smallest absolute Gasteiger partial charge is 0.335 e. The minimum absolute atomic E-state index is 0.0246. The highest BCUT2D eigenvalue weighted by molar-refractivity contribution is 5.90. The van der Waals surface area contributed by atoms with Crippen LogP contribution in [0.4, 0.5) is 11.4 Å². The van der Waals surface area contributed by atoms with E-state index in [9.17, 15) is 20.0 Å². The lowest BCUT2D eigenvalue weighted by molar-refractivity contribution is -0.384. The van der Waals surface area contributed by atoms with E-state index in [0.717, 1.165) is 12.8 Å². The van der Waals surface area contributed by atoms with E-state index < -0.39 is 17.0 Å². The fourth-order valence-electron chi connectivity index (χ4n) is 2.42. The van der Waals surface area contributed by atoms with Gasteiger partial charge in [0.25, 0.3) is 5.69 Å². The van der Waals surface area contributed by atoms with Gasteiger partial charge < -0.3 is 15.5 Å². The zero-order valence-electron chi connectivity index (χ0n) is 10.8. The molecule has 0 heterocycles. The number of aliphatic hydroxyl groups is 1. The van der Waals surface area contributed by atoms with Crippen molar-refractivity contribution in [2.45, 2.75) is 37.8 Å². The zero-order chi connectivity index (χ0) is 14.7. The Morgan fingerprint density at radius 3 is 2.65 bits per heavy atom. The number of carboxylic acids is 1. The van der Waals surface area contributed by atoms with Gasteiger partial charge in [0.05, 0.1) is 22.6 Å². The second-order valence-corrected chi connectivity index (χ2v) is 4.90. The first-order valence-corrected chi connectivity index (χ1v) is 6.45. The Bertz CT molecular complexity index is 531. The third kappa shape index (κ3) is 3.05. The Labute approximate surface area is 115 Å². The molecule has 0 spiro atoms. The van der Waals surface area contributed by atoms with Crippen LogP contribution in [0, 0.1) is 10.1 Å². The first-order valence-electron chi connectivity index (χ1n) is 6.45. The summed E-state index contributed by atoms with van der Waals surface area (Å²) in [4.78, 5) is 21.4. The highest BCUT2D eigenvalue weighted by Gasteiger charge is 2.26. The predicted octanol–water partition coefficient (Wildman–Crippen LogP) is 2.01. The number of rotatable bonds is 4. The summed E-state index contributed by atoms with van der Waals surface area (Å²) in [6.07, 6.45) is 2.63. The van der Waals surface area contributed by atoms with Crippen molar-refractivity contribution >= 4 is 17.3 Å². The largest absolute Gasteiger partial charge is 0.478 e. The van der Waals surface area contributed by atoms with Crippen molar-refractivity contribution < 1.29 is 19.9 Å². The van der Waals surface area contributed by atoms with Crippen LogP contribution in [0.1, 0.15) is 36.0 Å². The molecular formula is C13H16N2O5. The Hall–Kier alpha value is -2.15. The average molecular weight is 280 g/mol. The highest BCUT2D eigenvalue weighted by Crippen LogP contribution is 2.29. The molecule has 0 aliphatic heterocycles. The topological polar surface area (TPSA) is 113 Å². The van der Waals surface area contributed by atoms with Gasteiger partial charge in [-0.25, -0.2) is 4.79 Å². The van der Waals surface area contributed by atoms with E-state index in [4.69, 9.17) is 5.11 Å². The van der Waals surface area contributed by atoms with Gasteiger partial charge in [-0.05, 0) is 25.0 Å². The lowest BCUT2D eigenvalue weighted by atomic mass is 9.92. The van der Waals surface area contributed by atoms with E-state index in [2.05, 4.69) is 5.32 Å². The highest BCUT2D eigenvalue weighted by atomic mass is 16.6. The third-order valence-electron chi connectivity index (χ3n) is 3.51. The number of aromatic carboxylic acids is 1. The number of benzene rings is 1. The third-order valence-corrected chi connectivity index (χ3v) is 3.51. The van der Waals surface area contributed by atoms with Gasteiger partial charge in [-0.15, -0.1) is 0 Å². The second-order valence-electron chi connectivity index (χ2n) is 4.90. The van der Waals surface area contributed by atoms with E-state index in [0.29, 0.717) is 12.8 Å². The molecule has 20 heavy (non-hydrogen) atoms. The summed E-state index contributed by atoms with van der Waals surface area (Å²) in [5.41, 5.74) is -0.0722. The summed E-state index contributed by atoms with van der Waals surface area (Å²) < 4.78 is 0. The summed E-state index contributed by atoms with van der Waals surface area (Å²) in [5.74, 6) is -1.15. The minimum Gasteiger partial charge on any atom is -0.478 e. The van der Waals surface area contributed by atoms with Crippen molar-refractivity contribution in [3.8, 4) is 0 Å². The average Bonchev–Trinajstić information content (AvgIpc) is 2.41. The number of nitro groups is 1. The summed E-state index contributed by atoms with van der Waals surface area (Å²) in [5, 5.41) is 32.7. The molecule has 108 valence electrons. The van der Waals surface area contributed by atoms with Crippen LogP contribution >= 0.6 is 0 Å². The Balaban J connectivity index is 2.29. The van der Waals surface area contributed by atoms with Crippen LogP contribution in [0.15, 0.2) is 18.2 Å². The van der Waals surface area contributed by atoms with Crippen molar-refractivity contribution in [2.75, 3.05) is 5.32 Å². The summed E-state index contributed by atoms with van der Waals surface area (Å²) in [6.45, 7) is 0. The normalized spacial score (nSPS) is 22.2. The standard InChI is InChI=1S/C13H16N2O5/c16-12-4-2-1-3-9(12)14-10-7-8(13(17)18)5-6-11(10)15(19)20/h5-7,9,12,14,16H,1-4H2,(H,17,18). The van der Waals surface area contributed by atoms with Crippen molar-refractivity contribution in [3.63, 3.8) is 0 Å². The molecule has 0 bridgehead atoms. The first kappa shape index (κ1) is 14.3. The number of hydrogen-bond donors (Lipinski definition) is 3. The maximum absolute atomic E-state index is 11.0. The number of aliphatic hydroxyl groups excluding tert-OH is 1. The maximum atomic E-state index is 11.0. The molecule has 2 unspecified atom stereocenters. The summed E-state index contributed by atoms with van der Waals surface area (Å²) in [6, 6.07) is 3.32. The zero-order valence-corrected chi connectivity index (χ0v) is 10.8. The second kappa shape index (κ2) is 5.87. The molecule has 1 fully saturated rings. The Morgan fingerprint density at radius 1 is 1.35 bits per heavy atom. The molecule has 1 aliphatic carbocycles. The molecule has 1 aliphatic rings. The van der Waals surface area contributed by atoms with E-state index >= 15 is 0 Å². The molecule has 1 aromatic carbocycles. The predicted molar refractivity (Wildman–Crippen MR) is 71.9 cm³/mol. The van der Waals surface area contributed by atoms with Gasteiger partial charge in [-0.2, -0.15) is 0 Å². The van der Waals surface area contributed by atoms with Crippen LogP contribution in [-0.2, 0) is 0 Å². The van der Waals surface area contributed by atoms with Crippen LogP contribution in [0.2, 0.25) is 0 Å².